The van der Waals surface area contributed by atoms with Crippen LogP contribution in [-0.2, 0) is 0 Å². The number of aromatic nitrogens is 1. The van der Waals surface area contributed by atoms with Crippen molar-refractivity contribution in [2.24, 2.45) is 0 Å². The molecule has 2 aromatic carbocycles. The minimum Gasteiger partial charge on any atom is -0.459 e. The molecule has 4 nitrogen and oxygen atoms in total. The van der Waals surface area contributed by atoms with Crippen LogP contribution in [0.1, 0.15) is 29.1 Å². The zero-order valence-electron chi connectivity index (χ0n) is 14.6. The van der Waals surface area contributed by atoms with E-state index in [0.29, 0.717) is 16.3 Å². The van der Waals surface area contributed by atoms with Gasteiger partial charge < -0.3 is 9.73 Å². The van der Waals surface area contributed by atoms with Crippen molar-refractivity contribution in [1.29, 1.82) is 0 Å². The minimum atomic E-state index is -0.261. The Hall–Kier alpha value is -3.11. The third-order valence-corrected chi connectivity index (χ3v) is 4.67. The first kappa shape index (κ1) is 17.3. The van der Waals surface area contributed by atoms with Crippen LogP contribution in [0.5, 0.6) is 0 Å². The quantitative estimate of drug-likeness (QED) is 0.501. The van der Waals surface area contributed by atoms with Crippen LogP contribution < -0.4 is 5.32 Å². The van der Waals surface area contributed by atoms with Crippen molar-refractivity contribution in [1.82, 2.24) is 10.3 Å². The molecule has 0 spiro atoms. The van der Waals surface area contributed by atoms with Crippen LogP contribution in [-0.4, -0.2) is 10.9 Å². The maximum atomic E-state index is 12.6. The monoisotopic (exact) mass is 376 g/mol. The summed E-state index contributed by atoms with van der Waals surface area (Å²) in [6, 6.07) is 18.5. The van der Waals surface area contributed by atoms with Crippen LogP contribution in [0.15, 0.2) is 77.5 Å². The molecule has 1 N–H and O–H groups in total. The molecule has 0 aliphatic rings. The van der Waals surface area contributed by atoms with Crippen LogP contribution in [0.25, 0.3) is 22.1 Å². The second-order valence-electron chi connectivity index (χ2n) is 6.34. The fraction of sp³-hybridized carbons (Fsp3) is 0.0909. The number of hydrogen-bond donors (Lipinski definition) is 1. The number of nitrogens with one attached hydrogen (secondary N) is 1. The van der Waals surface area contributed by atoms with Crippen molar-refractivity contribution < 1.29 is 9.21 Å². The Kier molecular flexibility index (Phi) is 4.65. The Labute approximate surface area is 161 Å². The lowest BCUT2D eigenvalue weighted by Crippen LogP contribution is -2.26. The smallest absolute Gasteiger partial charge is 0.251 e. The minimum absolute atomic E-state index is 0.151. The van der Waals surface area contributed by atoms with Gasteiger partial charge in [0, 0.05) is 28.4 Å². The first-order valence-corrected chi connectivity index (χ1v) is 8.98. The Balaban J connectivity index is 1.49. The maximum Gasteiger partial charge on any atom is 0.251 e. The maximum absolute atomic E-state index is 12.6. The average Bonchev–Trinajstić information content (AvgIpc) is 3.12. The van der Waals surface area contributed by atoms with Gasteiger partial charge in [-0.2, -0.15) is 0 Å². The van der Waals surface area contributed by atoms with Gasteiger partial charge >= 0.3 is 0 Å². The molecule has 1 unspecified atom stereocenters. The summed E-state index contributed by atoms with van der Waals surface area (Å²) in [6.07, 6.45) is 3.50. The van der Waals surface area contributed by atoms with E-state index >= 15 is 0 Å². The molecule has 2 aromatic heterocycles. The number of furan rings is 1. The predicted octanol–water partition coefficient (Wildman–Crippen LogP) is 5.64. The largest absolute Gasteiger partial charge is 0.459 e. The van der Waals surface area contributed by atoms with Gasteiger partial charge in [0.1, 0.15) is 11.3 Å². The van der Waals surface area contributed by atoms with Crippen molar-refractivity contribution in [3.63, 3.8) is 0 Å². The summed E-state index contributed by atoms with van der Waals surface area (Å²) >= 11 is 6.01. The molecule has 0 radical (unpaired) electrons. The molecular weight excluding hydrogens is 360 g/mol. The van der Waals surface area contributed by atoms with Gasteiger partial charge in [0.05, 0.1) is 6.04 Å². The van der Waals surface area contributed by atoms with E-state index in [1.54, 1.807) is 18.5 Å². The number of hydrogen-bond acceptors (Lipinski definition) is 3. The summed E-state index contributed by atoms with van der Waals surface area (Å²) in [5.74, 6) is 0.538. The predicted molar refractivity (Wildman–Crippen MR) is 107 cm³/mol. The van der Waals surface area contributed by atoms with Gasteiger partial charge in [0.25, 0.3) is 5.91 Å². The molecular formula is C22H17ClN2O2. The molecule has 0 aliphatic carbocycles. The molecule has 0 bridgehead atoms. The number of pyridine rings is 1. The summed E-state index contributed by atoms with van der Waals surface area (Å²) in [6.45, 7) is 1.89. The number of fused-ring (bicyclic) bond motifs is 1. The number of carbonyl (C=O) groups excluding carboxylic acids is 1. The van der Waals surface area contributed by atoms with Crippen LogP contribution >= 0.6 is 11.6 Å². The fourth-order valence-corrected chi connectivity index (χ4v) is 3.14. The Morgan fingerprint density at radius 2 is 1.70 bits per heavy atom. The van der Waals surface area contributed by atoms with Crippen LogP contribution in [0.4, 0.5) is 0 Å². The molecule has 0 saturated carbocycles. The summed E-state index contributed by atoms with van der Waals surface area (Å²) in [5.41, 5.74) is 3.44. The van der Waals surface area contributed by atoms with Gasteiger partial charge in [-0.3, -0.25) is 9.78 Å². The Morgan fingerprint density at radius 1 is 1.00 bits per heavy atom. The summed E-state index contributed by atoms with van der Waals surface area (Å²) in [7, 11) is 0. The highest BCUT2D eigenvalue weighted by atomic mass is 35.5. The van der Waals surface area contributed by atoms with Crippen molar-refractivity contribution >= 4 is 28.5 Å². The topological polar surface area (TPSA) is 55.1 Å². The summed E-state index contributed by atoms with van der Waals surface area (Å²) in [5, 5.41) is 4.54. The molecule has 0 aliphatic heterocycles. The molecule has 5 heteroatoms. The van der Waals surface area contributed by atoms with Crippen molar-refractivity contribution in [2.45, 2.75) is 13.0 Å². The van der Waals surface area contributed by atoms with Crippen LogP contribution in [0.3, 0.4) is 0 Å². The Morgan fingerprint density at radius 3 is 2.44 bits per heavy atom. The molecule has 2 heterocycles. The third kappa shape index (κ3) is 3.71. The van der Waals surface area contributed by atoms with E-state index in [0.717, 1.165) is 22.1 Å². The highest BCUT2D eigenvalue weighted by Gasteiger charge is 2.15. The van der Waals surface area contributed by atoms with Gasteiger partial charge in [-0.15, -0.1) is 0 Å². The van der Waals surface area contributed by atoms with Crippen molar-refractivity contribution in [3.05, 3.63) is 89.4 Å². The number of nitrogens with zero attached hydrogens (tertiary/aromatic N) is 1. The summed E-state index contributed by atoms with van der Waals surface area (Å²) in [4.78, 5) is 16.6. The van der Waals surface area contributed by atoms with Gasteiger partial charge in [-0.1, -0.05) is 23.7 Å². The van der Waals surface area contributed by atoms with E-state index in [1.807, 2.05) is 61.5 Å². The fourth-order valence-electron chi connectivity index (χ4n) is 2.96. The van der Waals surface area contributed by atoms with Gasteiger partial charge in [-0.05, 0) is 66.6 Å². The second-order valence-corrected chi connectivity index (χ2v) is 6.78. The lowest BCUT2D eigenvalue weighted by atomic mass is 10.0. The first-order chi connectivity index (χ1) is 13.1. The number of carbonyl (C=O) groups is 1. The van der Waals surface area contributed by atoms with Gasteiger partial charge in [-0.25, -0.2) is 0 Å². The molecule has 1 amide bonds. The molecule has 134 valence electrons. The van der Waals surface area contributed by atoms with E-state index in [1.165, 1.54) is 0 Å². The first-order valence-electron chi connectivity index (χ1n) is 8.60. The number of benzene rings is 2. The van der Waals surface area contributed by atoms with Crippen molar-refractivity contribution in [3.8, 4) is 11.1 Å². The highest BCUT2D eigenvalue weighted by molar-refractivity contribution is 6.31. The van der Waals surface area contributed by atoms with Gasteiger partial charge in [0.2, 0.25) is 0 Å². The lowest BCUT2D eigenvalue weighted by molar-refractivity contribution is 0.0935. The molecule has 1 atom stereocenters. The zero-order chi connectivity index (χ0) is 18.8. The SMILES string of the molecule is CC(NC(=O)c1ccc(-c2ccncc2)cc1)c1cc2cc(Cl)ccc2o1. The number of rotatable bonds is 4. The van der Waals surface area contributed by atoms with E-state index in [4.69, 9.17) is 16.0 Å². The average molecular weight is 377 g/mol. The lowest BCUT2D eigenvalue weighted by Gasteiger charge is -2.11. The third-order valence-electron chi connectivity index (χ3n) is 4.43. The van der Waals surface area contributed by atoms with Crippen molar-refractivity contribution in [2.75, 3.05) is 0 Å². The summed E-state index contributed by atoms with van der Waals surface area (Å²) < 4.78 is 5.82. The Bertz CT molecular complexity index is 1090. The van der Waals surface area contributed by atoms with Crippen LogP contribution in [0, 0.1) is 0 Å². The van der Waals surface area contributed by atoms with E-state index < -0.39 is 0 Å². The zero-order valence-corrected chi connectivity index (χ0v) is 15.4. The molecule has 0 fully saturated rings. The number of amides is 1. The highest BCUT2D eigenvalue weighted by Crippen LogP contribution is 2.26. The second kappa shape index (κ2) is 7.25. The molecule has 27 heavy (non-hydrogen) atoms. The van der Waals surface area contributed by atoms with Crippen LogP contribution in [0.2, 0.25) is 5.02 Å². The molecule has 4 aromatic rings. The standard InChI is InChI=1S/C22H17ClN2O2/c1-14(21-13-18-12-19(23)6-7-20(18)27-21)25-22(26)17-4-2-15(3-5-17)16-8-10-24-11-9-16/h2-14H,1H3,(H,25,26). The number of halogens is 1. The van der Waals surface area contributed by atoms with E-state index in [2.05, 4.69) is 10.3 Å². The molecule has 4 rings (SSSR count). The van der Waals surface area contributed by atoms with E-state index in [-0.39, 0.29) is 11.9 Å². The molecule has 0 saturated heterocycles. The van der Waals surface area contributed by atoms with E-state index in [9.17, 15) is 4.79 Å². The normalized spacial score (nSPS) is 12.1. The van der Waals surface area contributed by atoms with Gasteiger partial charge in [0.15, 0.2) is 0 Å².